The van der Waals surface area contributed by atoms with Crippen LogP contribution in [0, 0.1) is 13.8 Å². The monoisotopic (exact) mass is 288 g/mol. The number of hydrogen-bond acceptors (Lipinski definition) is 3. The van der Waals surface area contributed by atoms with Crippen molar-refractivity contribution in [3.05, 3.63) is 51.2 Å². The predicted molar refractivity (Wildman–Crippen MR) is 89.7 cm³/mol. The van der Waals surface area contributed by atoms with E-state index in [1.807, 2.05) is 11.3 Å². The lowest BCUT2D eigenvalue weighted by Gasteiger charge is -2.21. The van der Waals surface area contributed by atoms with Crippen molar-refractivity contribution in [1.29, 1.82) is 0 Å². The van der Waals surface area contributed by atoms with Crippen LogP contribution in [0.25, 0.3) is 0 Å². The van der Waals surface area contributed by atoms with E-state index >= 15 is 0 Å². The molecule has 2 aromatic rings. The smallest absolute Gasteiger partial charge is 0.0519 e. The molecule has 0 radical (unpaired) electrons. The molecule has 0 aliphatic carbocycles. The molecule has 3 heteroatoms. The molecule has 1 heterocycles. The molecule has 1 aromatic heterocycles. The highest BCUT2D eigenvalue weighted by molar-refractivity contribution is 7.12. The summed E-state index contributed by atoms with van der Waals surface area (Å²) in [5.74, 6) is 0. The Kier molecular flexibility index (Phi) is 5.21. The van der Waals surface area contributed by atoms with Gasteiger partial charge in [0.25, 0.3) is 0 Å². The summed E-state index contributed by atoms with van der Waals surface area (Å²) in [6.07, 6.45) is 0. The van der Waals surface area contributed by atoms with Crippen LogP contribution in [0.4, 0.5) is 5.69 Å². The molecule has 0 bridgehead atoms. The molecule has 108 valence electrons. The minimum atomic E-state index is 0.973. The molecule has 0 fully saturated rings. The zero-order valence-electron chi connectivity index (χ0n) is 12.9. The van der Waals surface area contributed by atoms with Crippen LogP contribution in [0.5, 0.6) is 0 Å². The normalized spacial score (nSPS) is 10.8. The van der Waals surface area contributed by atoms with Gasteiger partial charge in [-0.3, -0.25) is 0 Å². The van der Waals surface area contributed by atoms with Gasteiger partial charge in [-0.1, -0.05) is 24.6 Å². The lowest BCUT2D eigenvalue weighted by atomic mass is 10.1. The van der Waals surface area contributed by atoms with Gasteiger partial charge in [0.05, 0.1) is 6.54 Å². The third-order valence-corrected chi connectivity index (χ3v) is 4.49. The Morgan fingerprint density at radius 1 is 1.10 bits per heavy atom. The summed E-state index contributed by atoms with van der Waals surface area (Å²) in [5, 5.41) is 3.38. The van der Waals surface area contributed by atoms with Gasteiger partial charge in [0.1, 0.15) is 0 Å². The molecule has 1 N–H and O–H groups in total. The van der Waals surface area contributed by atoms with E-state index < -0.39 is 0 Å². The highest BCUT2D eigenvalue weighted by atomic mass is 32.1. The third kappa shape index (κ3) is 3.84. The van der Waals surface area contributed by atoms with Crippen LogP contribution in [0.1, 0.15) is 27.8 Å². The second-order valence-corrected chi connectivity index (χ2v) is 6.55. The standard InChI is InChI=1S/C17H24N2S/c1-5-18-11-15-7-8-16(20-15)12-19(4)17-9-6-13(2)10-14(17)3/h6-10,18H,5,11-12H2,1-4H3. The molecule has 0 amide bonds. The summed E-state index contributed by atoms with van der Waals surface area (Å²) in [7, 11) is 2.17. The van der Waals surface area contributed by atoms with E-state index in [9.17, 15) is 0 Å². The molecule has 2 rings (SSSR count). The summed E-state index contributed by atoms with van der Waals surface area (Å²) < 4.78 is 0. The SMILES string of the molecule is CCNCc1ccc(CN(C)c2ccc(C)cc2C)s1. The number of rotatable bonds is 6. The number of thiophene rings is 1. The Morgan fingerprint density at radius 3 is 2.55 bits per heavy atom. The first-order valence-electron chi connectivity index (χ1n) is 7.17. The first kappa shape index (κ1) is 15.1. The molecular formula is C17H24N2S. The van der Waals surface area contributed by atoms with Crippen LogP contribution in [-0.2, 0) is 13.1 Å². The van der Waals surface area contributed by atoms with Crippen LogP contribution in [0.3, 0.4) is 0 Å². The molecule has 0 aliphatic heterocycles. The molecule has 2 nitrogen and oxygen atoms in total. The van der Waals surface area contributed by atoms with Gasteiger partial charge in [-0.25, -0.2) is 0 Å². The number of nitrogens with zero attached hydrogens (tertiary/aromatic N) is 1. The number of benzene rings is 1. The summed E-state index contributed by atoms with van der Waals surface area (Å²) in [6, 6.07) is 11.1. The third-order valence-electron chi connectivity index (χ3n) is 3.42. The van der Waals surface area contributed by atoms with E-state index in [0.717, 1.165) is 19.6 Å². The fourth-order valence-electron chi connectivity index (χ4n) is 2.40. The maximum atomic E-state index is 3.38. The fourth-order valence-corrected chi connectivity index (χ4v) is 3.44. The van der Waals surface area contributed by atoms with Gasteiger partial charge in [0.2, 0.25) is 0 Å². The minimum absolute atomic E-state index is 0.973. The van der Waals surface area contributed by atoms with Crippen molar-refractivity contribution in [3.8, 4) is 0 Å². The lowest BCUT2D eigenvalue weighted by molar-refractivity contribution is 0.735. The number of nitrogens with one attached hydrogen (secondary N) is 1. The predicted octanol–water partition coefficient (Wildman–Crippen LogP) is 4.11. The van der Waals surface area contributed by atoms with Crippen molar-refractivity contribution < 1.29 is 0 Å². The van der Waals surface area contributed by atoms with E-state index in [4.69, 9.17) is 0 Å². The highest BCUT2D eigenvalue weighted by Gasteiger charge is 2.07. The van der Waals surface area contributed by atoms with Gasteiger partial charge >= 0.3 is 0 Å². The second-order valence-electron chi connectivity index (χ2n) is 5.29. The van der Waals surface area contributed by atoms with Gasteiger partial charge in [0.15, 0.2) is 0 Å². The van der Waals surface area contributed by atoms with Crippen LogP contribution in [-0.4, -0.2) is 13.6 Å². The highest BCUT2D eigenvalue weighted by Crippen LogP contribution is 2.24. The second kappa shape index (κ2) is 6.91. The van der Waals surface area contributed by atoms with Crippen molar-refractivity contribution in [2.24, 2.45) is 0 Å². The van der Waals surface area contributed by atoms with Crippen molar-refractivity contribution in [1.82, 2.24) is 5.32 Å². The molecule has 0 saturated carbocycles. The number of hydrogen-bond donors (Lipinski definition) is 1. The van der Waals surface area contributed by atoms with Crippen LogP contribution >= 0.6 is 11.3 Å². The zero-order chi connectivity index (χ0) is 14.5. The number of anilines is 1. The van der Waals surface area contributed by atoms with E-state index in [-0.39, 0.29) is 0 Å². The Bertz CT molecular complexity index is 560. The van der Waals surface area contributed by atoms with E-state index in [0.29, 0.717) is 0 Å². The molecular weight excluding hydrogens is 264 g/mol. The van der Waals surface area contributed by atoms with Gasteiger partial charge in [-0.15, -0.1) is 11.3 Å². The van der Waals surface area contributed by atoms with Crippen LogP contribution < -0.4 is 10.2 Å². The average Bonchev–Trinajstić information content (AvgIpc) is 2.83. The van der Waals surface area contributed by atoms with E-state index in [1.165, 1.54) is 26.6 Å². The van der Waals surface area contributed by atoms with Crippen molar-refractivity contribution >= 4 is 17.0 Å². The Morgan fingerprint density at radius 2 is 1.85 bits per heavy atom. The first-order chi connectivity index (χ1) is 9.60. The molecule has 0 saturated heterocycles. The average molecular weight is 288 g/mol. The number of aryl methyl sites for hydroxylation is 2. The Balaban J connectivity index is 2.03. The largest absolute Gasteiger partial charge is 0.369 e. The van der Waals surface area contributed by atoms with Crippen LogP contribution in [0.2, 0.25) is 0 Å². The summed E-state index contributed by atoms with van der Waals surface area (Å²) in [6.45, 7) is 9.44. The summed E-state index contributed by atoms with van der Waals surface area (Å²) in [5.41, 5.74) is 3.98. The maximum absolute atomic E-state index is 3.38. The van der Waals surface area contributed by atoms with Crippen LogP contribution in [0.15, 0.2) is 30.3 Å². The van der Waals surface area contributed by atoms with E-state index in [2.05, 4.69) is 68.4 Å². The fraction of sp³-hybridized carbons (Fsp3) is 0.412. The van der Waals surface area contributed by atoms with Gasteiger partial charge in [-0.05, 0) is 44.2 Å². The Hall–Kier alpha value is -1.32. The van der Waals surface area contributed by atoms with E-state index in [1.54, 1.807) is 0 Å². The molecule has 0 atom stereocenters. The van der Waals surface area contributed by atoms with Crippen molar-refractivity contribution in [3.63, 3.8) is 0 Å². The van der Waals surface area contributed by atoms with Crippen molar-refractivity contribution in [2.45, 2.75) is 33.9 Å². The maximum Gasteiger partial charge on any atom is 0.0519 e. The molecule has 0 unspecified atom stereocenters. The topological polar surface area (TPSA) is 15.3 Å². The quantitative estimate of drug-likeness (QED) is 0.860. The lowest BCUT2D eigenvalue weighted by Crippen LogP contribution is -2.16. The summed E-state index contributed by atoms with van der Waals surface area (Å²) in [4.78, 5) is 5.16. The van der Waals surface area contributed by atoms with Crippen molar-refractivity contribution in [2.75, 3.05) is 18.5 Å². The molecule has 20 heavy (non-hydrogen) atoms. The van der Waals surface area contributed by atoms with Gasteiger partial charge in [-0.2, -0.15) is 0 Å². The summed E-state index contributed by atoms with van der Waals surface area (Å²) >= 11 is 1.90. The Labute approximate surface area is 126 Å². The zero-order valence-corrected chi connectivity index (χ0v) is 13.7. The molecule has 0 spiro atoms. The minimum Gasteiger partial charge on any atom is -0.369 e. The first-order valence-corrected chi connectivity index (χ1v) is 7.98. The molecule has 0 aliphatic rings. The van der Waals surface area contributed by atoms with Gasteiger partial charge in [0, 0.05) is 29.0 Å². The van der Waals surface area contributed by atoms with Gasteiger partial charge < -0.3 is 10.2 Å². The molecule has 1 aromatic carbocycles.